The van der Waals surface area contributed by atoms with Gasteiger partial charge in [-0.2, -0.15) is 0 Å². The average molecular weight is 306 g/mol. The third-order valence-corrected chi connectivity index (χ3v) is 2.98. The summed E-state index contributed by atoms with van der Waals surface area (Å²) >= 11 is 5.66. The monoisotopic (exact) mass is 305 g/mol. The molecule has 0 aliphatic heterocycles. The largest absolute Gasteiger partial charge is 0.490 e. The third-order valence-electron chi connectivity index (χ3n) is 2.68. The van der Waals surface area contributed by atoms with E-state index < -0.39 is 11.7 Å². The van der Waals surface area contributed by atoms with Crippen molar-refractivity contribution < 1.29 is 13.9 Å². The highest BCUT2D eigenvalue weighted by atomic mass is 35.5. The SMILES string of the molecule is C=CCOc1ccc(C(=O)Nc2cccc(Cl)c2F)cc1. The van der Waals surface area contributed by atoms with Crippen LogP contribution in [0.15, 0.2) is 55.1 Å². The Hall–Kier alpha value is -2.33. The summed E-state index contributed by atoms with van der Waals surface area (Å²) in [5.41, 5.74) is 0.430. The Labute approximate surface area is 127 Å². The standard InChI is InChI=1S/C16H13ClFNO2/c1-2-10-21-12-8-6-11(7-9-12)16(20)19-14-5-3-4-13(17)15(14)18/h2-9H,1,10H2,(H,19,20). The van der Waals surface area contributed by atoms with Crippen LogP contribution < -0.4 is 10.1 Å². The maximum atomic E-state index is 13.7. The molecular weight excluding hydrogens is 293 g/mol. The number of amides is 1. The number of anilines is 1. The number of rotatable bonds is 5. The summed E-state index contributed by atoms with van der Waals surface area (Å²) in [7, 11) is 0. The van der Waals surface area contributed by atoms with Gasteiger partial charge in [-0.3, -0.25) is 4.79 Å². The van der Waals surface area contributed by atoms with E-state index in [1.165, 1.54) is 12.1 Å². The van der Waals surface area contributed by atoms with Crippen LogP contribution in [0.3, 0.4) is 0 Å². The second-order valence-electron chi connectivity index (χ2n) is 4.18. The number of ether oxygens (including phenoxy) is 1. The van der Waals surface area contributed by atoms with E-state index in [1.54, 1.807) is 36.4 Å². The van der Waals surface area contributed by atoms with Gasteiger partial charge in [0, 0.05) is 5.56 Å². The van der Waals surface area contributed by atoms with E-state index in [1.807, 2.05) is 0 Å². The molecule has 5 heteroatoms. The first-order valence-electron chi connectivity index (χ1n) is 6.21. The summed E-state index contributed by atoms with van der Waals surface area (Å²) in [6, 6.07) is 10.9. The first-order valence-corrected chi connectivity index (χ1v) is 6.58. The van der Waals surface area contributed by atoms with E-state index in [2.05, 4.69) is 11.9 Å². The highest BCUT2D eigenvalue weighted by Gasteiger charge is 2.11. The number of halogens is 2. The van der Waals surface area contributed by atoms with Crippen molar-refractivity contribution in [3.8, 4) is 5.75 Å². The molecule has 0 aliphatic carbocycles. The van der Waals surface area contributed by atoms with Crippen molar-refractivity contribution in [2.45, 2.75) is 0 Å². The first kappa shape index (κ1) is 15.1. The molecule has 2 aromatic rings. The Morgan fingerprint density at radius 2 is 2.00 bits per heavy atom. The summed E-state index contributed by atoms with van der Waals surface area (Å²) in [4.78, 5) is 12.0. The van der Waals surface area contributed by atoms with Crippen molar-refractivity contribution in [1.82, 2.24) is 0 Å². The number of benzene rings is 2. The fraction of sp³-hybridized carbons (Fsp3) is 0.0625. The zero-order chi connectivity index (χ0) is 15.2. The minimum absolute atomic E-state index is 0.0408. The summed E-state index contributed by atoms with van der Waals surface area (Å²) in [6.07, 6.45) is 1.63. The van der Waals surface area contributed by atoms with Crippen molar-refractivity contribution in [3.05, 3.63) is 71.5 Å². The van der Waals surface area contributed by atoms with E-state index in [-0.39, 0.29) is 10.7 Å². The maximum Gasteiger partial charge on any atom is 0.255 e. The van der Waals surface area contributed by atoms with E-state index >= 15 is 0 Å². The van der Waals surface area contributed by atoms with Crippen LogP contribution in [0.2, 0.25) is 5.02 Å². The molecule has 0 atom stereocenters. The Morgan fingerprint density at radius 3 is 2.67 bits per heavy atom. The van der Waals surface area contributed by atoms with Crippen LogP contribution in [0.1, 0.15) is 10.4 Å². The van der Waals surface area contributed by atoms with E-state index in [9.17, 15) is 9.18 Å². The highest BCUT2D eigenvalue weighted by Crippen LogP contribution is 2.22. The number of carbonyl (C=O) groups excluding carboxylic acids is 1. The van der Waals surface area contributed by atoms with Crippen molar-refractivity contribution >= 4 is 23.2 Å². The fourth-order valence-electron chi connectivity index (χ4n) is 1.65. The molecule has 0 saturated carbocycles. The highest BCUT2D eigenvalue weighted by molar-refractivity contribution is 6.31. The number of carbonyl (C=O) groups is 1. The van der Waals surface area contributed by atoms with Crippen molar-refractivity contribution in [2.75, 3.05) is 11.9 Å². The predicted molar refractivity (Wildman–Crippen MR) is 81.5 cm³/mol. The molecule has 0 radical (unpaired) electrons. The van der Waals surface area contributed by atoms with Gasteiger partial charge in [-0.15, -0.1) is 0 Å². The predicted octanol–water partition coefficient (Wildman–Crippen LogP) is 4.30. The zero-order valence-electron chi connectivity index (χ0n) is 11.1. The molecule has 0 unspecified atom stereocenters. The molecule has 0 saturated heterocycles. The first-order chi connectivity index (χ1) is 10.1. The molecule has 2 aromatic carbocycles. The molecule has 1 amide bonds. The normalized spacial score (nSPS) is 10.0. The van der Waals surface area contributed by atoms with Crippen LogP contribution in [-0.2, 0) is 0 Å². The van der Waals surface area contributed by atoms with E-state index in [0.29, 0.717) is 17.9 Å². The lowest BCUT2D eigenvalue weighted by Crippen LogP contribution is -2.13. The molecule has 108 valence electrons. The number of nitrogens with one attached hydrogen (secondary N) is 1. The van der Waals surface area contributed by atoms with Crippen LogP contribution in [0, 0.1) is 5.82 Å². The minimum atomic E-state index is -0.654. The Bertz CT molecular complexity index is 656. The van der Waals surface area contributed by atoms with Crippen molar-refractivity contribution in [2.24, 2.45) is 0 Å². The lowest BCUT2D eigenvalue weighted by Gasteiger charge is -2.08. The van der Waals surface area contributed by atoms with Crippen LogP contribution in [0.4, 0.5) is 10.1 Å². The van der Waals surface area contributed by atoms with Gasteiger partial charge in [0.15, 0.2) is 5.82 Å². The maximum absolute atomic E-state index is 13.7. The lowest BCUT2D eigenvalue weighted by atomic mass is 10.2. The molecule has 1 N–H and O–H groups in total. The van der Waals surface area contributed by atoms with Crippen LogP contribution in [0.25, 0.3) is 0 Å². The van der Waals surface area contributed by atoms with Gasteiger partial charge < -0.3 is 10.1 Å². The second-order valence-corrected chi connectivity index (χ2v) is 4.59. The zero-order valence-corrected chi connectivity index (χ0v) is 11.9. The quantitative estimate of drug-likeness (QED) is 0.837. The molecule has 0 aliphatic rings. The molecule has 21 heavy (non-hydrogen) atoms. The molecule has 0 fully saturated rings. The topological polar surface area (TPSA) is 38.3 Å². The Balaban J connectivity index is 2.09. The molecular formula is C16H13ClFNO2. The Kier molecular flexibility index (Phi) is 4.95. The molecule has 0 aromatic heterocycles. The van der Waals surface area contributed by atoms with Gasteiger partial charge in [-0.25, -0.2) is 4.39 Å². The van der Waals surface area contributed by atoms with Crippen LogP contribution in [-0.4, -0.2) is 12.5 Å². The minimum Gasteiger partial charge on any atom is -0.490 e. The van der Waals surface area contributed by atoms with Gasteiger partial charge in [-0.1, -0.05) is 30.3 Å². The summed E-state index contributed by atoms with van der Waals surface area (Å²) in [6.45, 7) is 3.94. The Morgan fingerprint density at radius 1 is 1.29 bits per heavy atom. The van der Waals surface area contributed by atoms with Gasteiger partial charge in [0.05, 0.1) is 10.7 Å². The summed E-state index contributed by atoms with van der Waals surface area (Å²) in [5, 5.41) is 2.43. The molecule has 0 spiro atoms. The summed E-state index contributed by atoms with van der Waals surface area (Å²) in [5.74, 6) is -0.453. The van der Waals surface area contributed by atoms with Gasteiger partial charge in [-0.05, 0) is 36.4 Å². The average Bonchev–Trinajstić information content (AvgIpc) is 2.50. The van der Waals surface area contributed by atoms with E-state index in [4.69, 9.17) is 16.3 Å². The van der Waals surface area contributed by atoms with Gasteiger partial charge in [0.1, 0.15) is 12.4 Å². The van der Waals surface area contributed by atoms with Crippen LogP contribution >= 0.6 is 11.6 Å². The smallest absolute Gasteiger partial charge is 0.255 e. The molecule has 3 nitrogen and oxygen atoms in total. The van der Waals surface area contributed by atoms with Gasteiger partial charge in [0.25, 0.3) is 5.91 Å². The van der Waals surface area contributed by atoms with Gasteiger partial charge >= 0.3 is 0 Å². The van der Waals surface area contributed by atoms with Crippen molar-refractivity contribution in [3.63, 3.8) is 0 Å². The second kappa shape index (κ2) is 6.90. The number of hydrogen-bond donors (Lipinski definition) is 1. The van der Waals surface area contributed by atoms with Crippen molar-refractivity contribution in [1.29, 1.82) is 0 Å². The third kappa shape index (κ3) is 3.83. The number of hydrogen-bond acceptors (Lipinski definition) is 2. The molecule has 2 rings (SSSR count). The van der Waals surface area contributed by atoms with Crippen LogP contribution in [0.5, 0.6) is 5.75 Å². The lowest BCUT2D eigenvalue weighted by molar-refractivity contribution is 0.102. The molecule has 0 bridgehead atoms. The summed E-state index contributed by atoms with van der Waals surface area (Å²) < 4.78 is 19.0. The fourth-order valence-corrected chi connectivity index (χ4v) is 1.83. The van der Waals surface area contributed by atoms with Gasteiger partial charge in [0.2, 0.25) is 0 Å². The molecule has 0 heterocycles. The van der Waals surface area contributed by atoms with E-state index in [0.717, 1.165) is 0 Å².